The van der Waals surface area contributed by atoms with Crippen LogP contribution in [0.2, 0.25) is 0 Å². The highest BCUT2D eigenvalue weighted by molar-refractivity contribution is 9.10. The fraction of sp³-hybridized carbons (Fsp3) is 0.533. The second-order valence-corrected chi connectivity index (χ2v) is 6.90. The third-order valence-electron chi connectivity index (χ3n) is 4.40. The van der Waals surface area contributed by atoms with Gasteiger partial charge in [0.05, 0.1) is 10.2 Å². The molecule has 0 aromatic heterocycles. The lowest BCUT2D eigenvalue weighted by Gasteiger charge is -2.35. The number of hydrogen-bond donors (Lipinski definition) is 2. The minimum absolute atomic E-state index is 0.196. The van der Waals surface area contributed by atoms with Crippen LogP contribution in [0.4, 0.5) is 10.1 Å². The maximum absolute atomic E-state index is 14.4. The molecule has 0 saturated heterocycles. The van der Waals surface area contributed by atoms with Crippen LogP contribution >= 0.6 is 28.1 Å². The van der Waals surface area contributed by atoms with Crippen molar-refractivity contribution in [2.45, 2.75) is 39.2 Å². The van der Waals surface area contributed by atoms with Crippen molar-refractivity contribution in [3.8, 4) is 0 Å². The number of nitrogens with two attached hydrogens (primary N) is 1. The maximum atomic E-state index is 14.4. The summed E-state index contributed by atoms with van der Waals surface area (Å²) in [6, 6.07) is 3.80. The molecule has 1 fully saturated rings. The molecule has 0 spiro atoms. The first-order valence-electron chi connectivity index (χ1n) is 6.96. The number of nitrogens with one attached hydrogen (secondary N) is 1. The van der Waals surface area contributed by atoms with Gasteiger partial charge in [-0.05, 0) is 46.3 Å². The SMILES string of the molecule is CC1CCCC(Nc2ccc(C(N)=S)c(Br)c2F)C1C. The molecular formula is C15H20BrFN2S. The number of rotatable bonds is 3. The zero-order valence-electron chi connectivity index (χ0n) is 11.7. The summed E-state index contributed by atoms with van der Waals surface area (Å²) in [7, 11) is 0. The van der Waals surface area contributed by atoms with Crippen LogP contribution in [0.15, 0.2) is 16.6 Å². The van der Waals surface area contributed by atoms with Crippen molar-refractivity contribution < 1.29 is 4.39 Å². The topological polar surface area (TPSA) is 38.0 Å². The van der Waals surface area contributed by atoms with E-state index in [-0.39, 0.29) is 10.8 Å². The highest BCUT2D eigenvalue weighted by Gasteiger charge is 2.27. The summed E-state index contributed by atoms with van der Waals surface area (Å²) < 4.78 is 14.7. The van der Waals surface area contributed by atoms with E-state index < -0.39 is 0 Å². The fourth-order valence-corrected chi connectivity index (χ4v) is 3.70. The van der Waals surface area contributed by atoms with E-state index in [4.69, 9.17) is 18.0 Å². The van der Waals surface area contributed by atoms with Gasteiger partial charge in [0.15, 0.2) is 5.82 Å². The van der Waals surface area contributed by atoms with Crippen LogP contribution in [0.3, 0.4) is 0 Å². The summed E-state index contributed by atoms with van der Waals surface area (Å²) in [5.74, 6) is 0.890. The van der Waals surface area contributed by atoms with E-state index >= 15 is 0 Å². The van der Waals surface area contributed by atoms with Gasteiger partial charge in [0, 0.05) is 11.6 Å². The molecule has 1 aliphatic carbocycles. The van der Waals surface area contributed by atoms with Gasteiger partial charge < -0.3 is 11.1 Å². The molecule has 110 valence electrons. The van der Waals surface area contributed by atoms with E-state index in [0.717, 1.165) is 6.42 Å². The molecule has 1 saturated carbocycles. The minimum Gasteiger partial charge on any atom is -0.389 e. The summed E-state index contributed by atoms with van der Waals surface area (Å²) in [5, 5.41) is 3.35. The number of anilines is 1. The largest absolute Gasteiger partial charge is 0.389 e. The quantitative estimate of drug-likeness (QED) is 0.783. The Morgan fingerprint density at radius 3 is 2.75 bits per heavy atom. The lowest BCUT2D eigenvalue weighted by Crippen LogP contribution is -2.35. The number of thiocarbonyl (C=S) groups is 1. The van der Waals surface area contributed by atoms with Crippen LogP contribution in [0, 0.1) is 17.7 Å². The summed E-state index contributed by atoms with van der Waals surface area (Å²) >= 11 is 8.15. The van der Waals surface area contributed by atoms with Gasteiger partial charge in [0.25, 0.3) is 0 Å². The number of hydrogen-bond acceptors (Lipinski definition) is 2. The van der Waals surface area contributed by atoms with E-state index in [0.29, 0.717) is 33.6 Å². The first-order chi connectivity index (χ1) is 9.41. The van der Waals surface area contributed by atoms with Crippen LogP contribution in [0.25, 0.3) is 0 Å². The van der Waals surface area contributed by atoms with Gasteiger partial charge in [-0.2, -0.15) is 0 Å². The average molecular weight is 359 g/mol. The first-order valence-corrected chi connectivity index (χ1v) is 8.16. The van der Waals surface area contributed by atoms with E-state index in [2.05, 4.69) is 35.1 Å². The van der Waals surface area contributed by atoms with Gasteiger partial charge in [-0.25, -0.2) is 4.39 Å². The van der Waals surface area contributed by atoms with Gasteiger partial charge in [-0.1, -0.05) is 38.9 Å². The normalized spacial score (nSPS) is 26.3. The Labute approximate surface area is 133 Å². The summed E-state index contributed by atoms with van der Waals surface area (Å²) in [4.78, 5) is 0.196. The second kappa shape index (κ2) is 6.39. The van der Waals surface area contributed by atoms with E-state index in [1.165, 1.54) is 12.8 Å². The van der Waals surface area contributed by atoms with Crippen LogP contribution < -0.4 is 11.1 Å². The highest BCUT2D eigenvalue weighted by Crippen LogP contribution is 2.34. The van der Waals surface area contributed by atoms with Gasteiger partial charge in [-0.15, -0.1) is 0 Å². The molecule has 0 amide bonds. The van der Waals surface area contributed by atoms with Gasteiger partial charge in [-0.3, -0.25) is 0 Å². The highest BCUT2D eigenvalue weighted by atomic mass is 79.9. The molecule has 0 heterocycles. The van der Waals surface area contributed by atoms with Crippen molar-refractivity contribution >= 4 is 38.8 Å². The molecule has 3 N–H and O–H groups in total. The van der Waals surface area contributed by atoms with Gasteiger partial charge in [0.1, 0.15) is 4.99 Å². The summed E-state index contributed by atoms with van der Waals surface area (Å²) in [5.41, 5.74) is 6.62. The Morgan fingerprint density at radius 2 is 2.10 bits per heavy atom. The summed E-state index contributed by atoms with van der Waals surface area (Å²) in [6.45, 7) is 4.50. The maximum Gasteiger partial charge on any atom is 0.161 e. The van der Waals surface area contributed by atoms with Crippen molar-refractivity contribution in [2.75, 3.05) is 5.32 Å². The van der Waals surface area contributed by atoms with Crippen LogP contribution in [0.1, 0.15) is 38.7 Å². The van der Waals surface area contributed by atoms with E-state index in [9.17, 15) is 4.39 Å². The second-order valence-electron chi connectivity index (χ2n) is 5.67. The van der Waals surface area contributed by atoms with Crippen molar-refractivity contribution in [2.24, 2.45) is 17.6 Å². The van der Waals surface area contributed by atoms with Gasteiger partial charge in [0.2, 0.25) is 0 Å². The molecular weight excluding hydrogens is 339 g/mol. The third-order valence-corrected chi connectivity index (χ3v) is 5.39. The molecule has 0 bridgehead atoms. The van der Waals surface area contributed by atoms with E-state index in [1.807, 2.05) is 0 Å². The van der Waals surface area contributed by atoms with Crippen molar-refractivity contribution in [1.29, 1.82) is 0 Å². The van der Waals surface area contributed by atoms with Crippen molar-refractivity contribution in [1.82, 2.24) is 0 Å². The molecule has 20 heavy (non-hydrogen) atoms. The predicted octanol–water partition coefficient (Wildman–Crippen LogP) is 4.46. The molecule has 2 rings (SSSR count). The predicted molar refractivity (Wildman–Crippen MR) is 89.6 cm³/mol. The van der Waals surface area contributed by atoms with Crippen molar-refractivity contribution in [3.63, 3.8) is 0 Å². The Balaban J connectivity index is 2.22. The lowest BCUT2D eigenvalue weighted by atomic mass is 9.78. The Kier molecular flexibility index (Phi) is 5.02. The molecule has 3 atom stereocenters. The van der Waals surface area contributed by atoms with E-state index in [1.54, 1.807) is 12.1 Å². The molecule has 0 radical (unpaired) electrons. The zero-order chi connectivity index (χ0) is 14.9. The molecule has 3 unspecified atom stereocenters. The Morgan fingerprint density at radius 1 is 1.40 bits per heavy atom. The molecule has 1 aliphatic rings. The monoisotopic (exact) mass is 358 g/mol. The molecule has 1 aromatic rings. The Bertz CT molecular complexity index is 521. The zero-order valence-corrected chi connectivity index (χ0v) is 14.2. The molecule has 5 heteroatoms. The molecule has 2 nitrogen and oxygen atoms in total. The average Bonchev–Trinajstić information content (AvgIpc) is 2.40. The smallest absolute Gasteiger partial charge is 0.161 e. The Hall–Kier alpha value is -0.680. The fourth-order valence-electron chi connectivity index (χ4n) is 2.84. The van der Waals surface area contributed by atoms with Crippen LogP contribution in [0.5, 0.6) is 0 Å². The summed E-state index contributed by atoms with van der Waals surface area (Å²) in [6.07, 6.45) is 3.53. The molecule has 1 aromatic carbocycles. The number of benzene rings is 1. The number of halogens is 2. The first kappa shape index (κ1) is 15.7. The van der Waals surface area contributed by atoms with Crippen LogP contribution in [-0.2, 0) is 0 Å². The van der Waals surface area contributed by atoms with Gasteiger partial charge >= 0.3 is 0 Å². The lowest BCUT2D eigenvalue weighted by molar-refractivity contribution is 0.253. The van der Waals surface area contributed by atoms with Crippen molar-refractivity contribution in [3.05, 3.63) is 28.0 Å². The third kappa shape index (κ3) is 3.14. The van der Waals surface area contributed by atoms with Crippen LogP contribution in [-0.4, -0.2) is 11.0 Å². The molecule has 0 aliphatic heterocycles. The minimum atomic E-state index is -0.319. The standard InChI is InChI=1S/C15H20BrFN2S/c1-8-4-3-5-11(9(8)2)19-12-7-6-10(15(18)20)13(16)14(12)17/h6-9,11,19H,3-5H2,1-2H3,(H2,18,20).